The number of ether oxygens (including phenoxy) is 1. The van der Waals surface area contributed by atoms with Crippen molar-refractivity contribution in [3.63, 3.8) is 0 Å². The molecular weight excluding hydrogens is 334 g/mol. The van der Waals surface area contributed by atoms with Crippen LogP contribution in [0.5, 0.6) is 5.75 Å². The Morgan fingerprint density at radius 2 is 2.05 bits per heavy atom. The van der Waals surface area contributed by atoms with Crippen molar-refractivity contribution in [2.75, 3.05) is 24.3 Å². The molecule has 2 N–H and O–H groups in total. The maximum Gasteiger partial charge on any atom is 0.259 e. The van der Waals surface area contributed by atoms with Crippen LogP contribution in [0.25, 0.3) is 0 Å². The number of anilines is 2. The van der Waals surface area contributed by atoms with Gasteiger partial charge >= 0.3 is 0 Å². The summed E-state index contributed by atoms with van der Waals surface area (Å²) in [6.45, 7) is 2.54. The Morgan fingerprint density at radius 3 is 2.67 bits per heavy atom. The lowest BCUT2D eigenvalue weighted by atomic mass is 10.2. The largest absolute Gasteiger partial charge is 0.494 e. The van der Waals surface area contributed by atoms with Crippen molar-refractivity contribution >= 4 is 33.3 Å². The minimum atomic E-state index is -0.225. The zero-order valence-electron chi connectivity index (χ0n) is 11.8. The van der Waals surface area contributed by atoms with Gasteiger partial charge in [0.15, 0.2) is 0 Å². The van der Waals surface area contributed by atoms with Gasteiger partial charge in [0, 0.05) is 23.4 Å². The molecular formula is C15H16BrN3O2. The molecule has 0 fully saturated rings. The Balaban J connectivity index is 2.15. The fourth-order valence-electron chi connectivity index (χ4n) is 1.81. The molecule has 0 spiro atoms. The first-order valence-electron chi connectivity index (χ1n) is 6.51. The molecule has 1 amide bonds. The molecule has 2 aromatic rings. The highest BCUT2D eigenvalue weighted by Crippen LogP contribution is 2.20. The summed E-state index contributed by atoms with van der Waals surface area (Å²) >= 11 is 3.32. The molecule has 21 heavy (non-hydrogen) atoms. The van der Waals surface area contributed by atoms with Crippen molar-refractivity contribution in [2.45, 2.75) is 6.92 Å². The van der Waals surface area contributed by atoms with Crippen molar-refractivity contribution in [3.8, 4) is 5.75 Å². The molecule has 6 heteroatoms. The Bertz CT molecular complexity index is 629. The lowest BCUT2D eigenvalue weighted by molar-refractivity contribution is 0.102. The number of nitrogens with one attached hydrogen (secondary N) is 2. The number of hydrogen-bond acceptors (Lipinski definition) is 4. The first-order chi connectivity index (χ1) is 10.1. The number of halogens is 1. The Labute approximate surface area is 131 Å². The van der Waals surface area contributed by atoms with Crippen LogP contribution in [0.4, 0.5) is 11.5 Å². The number of carbonyl (C=O) groups is 1. The van der Waals surface area contributed by atoms with Crippen LogP contribution >= 0.6 is 15.9 Å². The van der Waals surface area contributed by atoms with Crippen LogP contribution in [-0.2, 0) is 0 Å². The molecule has 1 aromatic heterocycles. The monoisotopic (exact) mass is 349 g/mol. The molecule has 0 bridgehead atoms. The number of carbonyl (C=O) groups excluding carboxylic acids is 1. The Hall–Kier alpha value is -2.08. The molecule has 0 aliphatic rings. The van der Waals surface area contributed by atoms with Crippen LogP contribution < -0.4 is 15.4 Å². The van der Waals surface area contributed by atoms with E-state index in [2.05, 4.69) is 31.5 Å². The second-order valence-electron chi connectivity index (χ2n) is 4.21. The van der Waals surface area contributed by atoms with Crippen molar-refractivity contribution < 1.29 is 9.53 Å². The van der Waals surface area contributed by atoms with Crippen LogP contribution in [0.3, 0.4) is 0 Å². The van der Waals surface area contributed by atoms with Gasteiger partial charge in [-0.1, -0.05) is 0 Å². The van der Waals surface area contributed by atoms with Crippen LogP contribution in [0, 0.1) is 0 Å². The van der Waals surface area contributed by atoms with Gasteiger partial charge < -0.3 is 15.4 Å². The minimum absolute atomic E-state index is 0.225. The van der Waals surface area contributed by atoms with Gasteiger partial charge in [-0.05, 0) is 53.2 Å². The van der Waals surface area contributed by atoms with Crippen LogP contribution in [-0.4, -0.2) is 24.5 Å². The molecule has 110 valence electrons. The van der Waals surface area contributed by atoms with Crippen LogP contribution in [0.2, 0.25) is 0 Å². The number of amides is 1. The van der Waals surface area contributed by atoms with Gasteiger partial charge in [-0.15, -0.1) is 0 Å². The summed E-state index contributed by atoms with van der Waals surface area (Å²) in [5.41, 5.74) is 1.17. The van der Waals surface area contributed by atoms with E-state index in [9.17, 15) is 4.79 Å². The molecule has 0 saturated heterocycles. The van der Waals surface area contributed by atoms with E-state index in [4.69, 9.17) is 4.74 Å². The van der Waals surface area contributed by atoms with E-state index in [0.717, 1.165) is 10.2 Å². The van der Waals surface area contributed by atoms with Crippen molar-refractivity contribution in [2.24, 2.45) is 0 Å². The molecule has 0 aliphatic heterocycles. The van der Waals surface area contributed by atoms with Gasteiger partial charge in [-0.25, -0.2) is 4.98 Å². The predicted octanol–water partition coefficient (Wildman–Crippen LogP) is 3.54. The molecule has 0 atom stereocenters. The summed E-state index contributed by atoms with van der Waals surface area (Å²) in [5, 5.41) is 5.74. The van der Waals surface area contributed by atoms with E-state index in [0.29, 0.717) is 23.7 Å². The fraction of sp³-hybridized carbons (Fsp3) is 0.200. The minimum Gasteiger partial charge on any atom is -0.494 e. The fourth-order valence-corrected chi connectivity index (χ4v) is 2.14. The van der Waals surface area contributed by atoms with Gasteiger partial charge in [0.2, 0.25) is 0 Å². The average molecular weight is 350 g/mol. The van der Waals surface area contributed by atoms with Crippen LogP contribution in [0.15, 0.2) is 41.0 Å². The zero-order valence-corrected chi connectivity index (χ0v) is 13.4. The van der Waals surface area contributed by atoms with E-state index in [1.54, 1.807) is 31.4 Å². The molecule has 0 saturated carbocycles. The predicted molar refractivity (Wildman–Crippen MR) is 87.0 cm³/mol. The van der Waals surface area contributed by atoms with E-state index >= 15 is 0 Å². The van der Waals surface area contributed by atoms with E-state index in [1.165, 1.54) is 0 Å². The Morgan fingerprint density at radius 1 is 1.33 bits per heavy atom. The number of nitrogens with zero attached hydrogens (tertiary/aromatic N) is 1. The standard InChI is InChI=1S/C15H16BrN3O2/c1-3-21-12-6-4-11(5-7-12)19-15(20)13-8-10(16)9-18-14(13)17-2/h4-9H,3H2,1-2H3,(H,17,18)(H,19,20). The number of rotatable bonds is 5. The summed E-state index contributed by atoms with van der Waals surface area (Å²) in [4.78, 5) is 16.5. The smallest absolute Gasteiger partial charge is 0.259 e. The molecule has 1 aromatic carbocycles. The average Bonchev–Trinajstić information content (AvgIpc) is 2.49. The normalized spacial score (nSPS) is 10.0. The van der Waals surface area contributed by atoms with Gasteiger partial charge in [-0.3, -0.25) is 4.79 Å². The molecule has 2 rings (SSSR count). The third-order valence-electron chi connectivity index (χ3n) is 2.76. The summed E-state index contributed by atoms with van der Waals surface area (Å²) in [6.07, 6.45) is 1.64. The van der Waals surface area contributed by atoms with Gasteiger partial charge in [-0.2, -0.15) is 0 Å². The van der Waals surface area contributed by atoms with Crippen LogP contribution in [0.1, 0.15) is 17.3 Å². The number of benzene rings is 1. The highest BCUT2D eigenvalue weighted by molar-refractivity contribution is 9.10. The van der Waals surface area contributed by atoms with Crippen molar-refractivity contribution in [1.82, 2.24) is 4.98 Å². The van der Waals surface area contributed by atoms with E-state index in [1.807, 2.05) is 19.1 Å². The maximum atomic E-state index is 12.3. The number of hydrogen-bond donors (Lipinski definition) is 2. The first kappa shape index (κ1) is 15.3. The summed E-state index contributed by atoms with van der Waals surface area (Å²) in [7, 11) is 1.73. The summed E-state index contributed by atoms with van der Waals surface area (Å²) in [5.74, 6) is 1.08. The summed E-state index contributed by atoms with van der Waals surface area (Å²) in [6, 6.07) is 8.96. The van der Waals surface area contributed by atoms with Gasteiger partial charge in [0.1, 0.15) is 11.6 Å². The van der Waals surface area contributed by atoms with E-state index in [-0.39, 0.29) is 5.91 Å². The SMILES string of the molecule is CCOc1ccc(NC(=O)c2cc(Br)cnc2NC)cc1. The molecule has 0 radical (unpaired) electrons. The zero-order chi connectivity index (χ0) is 15.2. The highest BCUT2D eigenvalue weighted by Gasteiger charge is 2.13. The maximum absolute atomic E-state index is 12.3. The Kier molecular flexibility index (Phi) is 5.16. The second-order valence-corrected chi connectivity index (χ2v) is 5.13. The summed E-state index contributed by atoms with van der Waals surface area (Å²) < 4.78 is 6.11. The molecule has 1 heterocycles. The topological polar surface area (TPSA) is 63.2 Å². The molecule has 0 unspecified atom stereocenters. The lowest BCUT2D eigenvalue weighted by Gasteiger charge is -2.10. The van der Waals surface area contributed by atoms with Crippen molar-refractivity contribution in [1.29, 1.82) is 0 Å². The second kappa shape index (κ2) is 7.08. The lowest BCUT2D eigenvalue weighted by Crippen LogP contribution is -2.14. The first-order valence-corrected chi connectivity index (χ1v) is 7.31. The quantitative estimate of drug-likeness (QED) is 0.866. The third kappa shape index (κ3) is 3.95. The molecule has 5 nitrogen and oxygen atoms in total. The number of aromatic nitrogens is 1. The highest BCUT2D eigenvalue weighted by atomic mass is 79.9. The third-order valence-corrected chi connectivity index (χ3v) is 3.19. The van der Waals surface area contributed by atoms with Gasteiger partial charge in [0.05, 0.1) is 12.2 Å². The number of pyridine rings is 1. The van der Waals surface area contributed by atoms with Gasteiger partial charge in [0.25, 0.3) is 5.91 Å². The van der Waals surface area contributed by atoms with E-state index < -0.39 is 0 Å². The molecule has 0 aliphatic carbocycles. The van der Waals surface area contributed by atoms with Crippen molar-refractivity contribution in [3.05, 3.63) is 46.6 Å².